The predicted octanol–water partition coefficient (Wildman–Crippen LogP) is 1.47. The Morgan fingerprint density at radius 3 is 2.73 bits per heavy atom. The van der Waals surface area contributed by atoms with Gasteiger partial charge in [-0.15, -0.1) is 0 Å². The van der Waals surface area contributed by atoms with Crippen molar-refractivity contribution in [2.24, 2.45) is 0 Å². The van der Waals surface area contributed by atoms with Crippen LogP contribution in [-0.4, -0.2) is 9.97 Å². The third-order valence-corrected chi connectivity index (χ3v) is 1.55. The highest BCUT2D eigenvalue weighted by atomic mass is 79.9. The summed E-state index contributed by atoms with van der Waals surface area (Å²) in [5, 5.41) is 0. The molecule has 0 aliphatic heterocycles. The minimum absolute atomic E-state index is 0.141. The Bertz CT molecular complexity index is 312. The molecule has 1 aromatic heterocycles. The van der Waals surface area contributed by atoms with Crippen molar-refractivity contribution < 1.29 is 8.78 Å². The summed E-state index contributed by atoms with van der Waals surface area (Å²) < 4.78 is 23.8. The molecule has 0 aromatic carbocycles. The summed E-state index contributed by atoms with van der Waals surface area (Å²) in [6, 6.07) is 0. The highest BCUT2D eigenvalue weighted by Crippen LogP contribution is 2.12. The van der Waals surface area contributed by atoms with Gasteiger partial charge in [-0.1, -0.05) is 0 Å². The summed E-state index contributed by atoms with van der Waals surface area (Å²) in [6.07, 6.45) is -1.70. The van der Waals surface area contributed by atoms with Crippen LogP contribution in [-0.2, 0) is 0 Å². The molecule has 6 heteroatoms. The van der Waals surface area contributed by atoms with Gasteiger partial charge in [-0.3, -0.25) is 4.79 Å². The van der Waals surface area contributed by atoms with E-state index in [9.17, 15) is 13.6 Å². The quantitative estimate of drug-likeness (QED) is 0.786. The predicted molar refractivity (Wildman–Crippen MR) is 37.5 cm³/mol. The number of rotatable bonds is 1. The summed E-state index contributed by atoms with van der Waals surface area (Å²) >= 11 is 2.83. The van der Waals surface area contributed by atoms with E-state index in [2.05, 4.69) is 20.9 Å². The molecule has 0 unspecified atom stereocenters. The number of halogens is 3. The Morgan fingerprint density at radius 2 is 2.27 bits per heavy atom. The minimum Gasteiger partial charge on any atom is -0.305 e. The number of nitrogens with one attached hydrogen (secondary N) is 1. The van der Waals surface area contributed by atoms with Crippen LogP contribution in [0.5, 0.6) is 0 Å². The molecule has 0 bridgehead atoms. The van der Waals surface area contributed by atoms with E-state index in [0.29, 0.717) is 0 Å². The maximum absolute atomic E-state index is 11.8. The second-order valence-corrected chi connectivity index (χ2v) is 2.60. The molecule has 0 saturated carbocycles. The lowest BCUT2D eigenvalue weighted by Crippen LogP contribution is -2.11. The lowest BCUT2D eigenvalue weighted by Gasteiger charge is -1.96. The van der Waals surface area contributed by atoms with E-state index in [0.717, 1.165) is 6.20 Å². The number of hydrogen-bond donors (Lipinski definition) is 1. The number of nitrogens with zero attached hydrogens (tertiary/aromatic N) is 1. The zero-order valence-electron chi connectivity index (χ0n) is 5.14. The zero-order valence-corrected chi connectivity index (χ0v) is 6.73. The first-order valence-corrected chi connectivity index (χ1v) is 3.43. The normalized spacial score (nSPS) is 10.5. The largest absolute Gasteiger partial charge is 0.305 e. The number of hydrogen-bond acceptors (Lipinski definition) is 2. The van der Waals surface area contributed by atoms with E-state index in [1.54, 1.807) is 0 Å². The number of H-pyrrole nitrogens is 1. The van der Waals surface area contributed by atoms with E-state index in [4.69, 9.17) is 0 Å². The topological polar surface area (TPSA) is 45.8 Å². The first kappa shape index (κ1) is 8.32. The highest BCUT2D eigenvalue weighted by molar-refractivity contribution is 9.10. The van der Waals surface area contributed by atoms with Crippen LogP contribution in [0.2, 0.25) is 0 Å². The van der Waals surface area contributed by atoms with Gasteiger partial charge in [0.2, 0.25) is 0 Å². The highest BCUT2D eigenvalue weighted by Gasteiger charge is 2.09. The third kappa shape index (κ3) is 1.83. The Balaban J connectivity index is 3.16. The molecule has 0 aliphatic carbocycles. The molecule has 0 aliphatic rings. The molecule has 0 radical (unpaired) electrons. The first-order valence-electron chi connectivity index (χ1n) is 2.64. The SMILES string of the molecule is O=c1[nH]c(C(F)F)ncc1Br. The van der Waals surface area contributed by atoms with Gasteiger partial charge in [0.1, 0.15) is 4.47 Å². The minimum atomic E-state index is -2.74. The Hall–Kier alpha value is -0.780. The molecule has 0 saturated heterocycles. The maximum atomic E-state index is 11.8. The summed E-state index contributed by atoms with van der Waals surface area (Å²) in [5.74, 6) is -0.613. The van der Waals surface area contributed by atoms with Crippen molar-refractivity contribution in [1.29, 1.82) is 0 Å². The van der Waals surface area contributed by atoms with Gasteiger partial charge in [0.15, 0.2) is 5.82 Å². The van der Waals surface area contributed by atoms with Crippen molar-refractivity contribution in [2.75, 3.05) is 0 Å². The number of aromatic amines is 1. The Labute approximate surface area is 68.6 Å². The Kier molecular flexibility index (Phi) is 2.33. The van der Waals surface area contributed by atoms with Crippen LogP contribution in [0.4, 0.5) is 8.78 Å². The standard InChI is InChI=1S/C5H3BrF2N2O/c6-2-1-9-4(3(7)8)10-5(2)11/h1,3H,(H,9,10,11). The molecule has 1 heterocycles. The molecule has 1 N–H and O–H groups in total. The van der Waals surface area contributed by atoms with Gasteiger partial charge in [0.25, 0.3) is 12.0 Å². The number of aromatic nitrogens is 2. The molecule has 0 spiro atoms. The molecule has 60 valence electrons. The summed E-state index contributed by atoms with van der Waals surface area (Å²) in [4.78, 5) is 15.9. The van der Waals surface area contributed by atoms with E-state index in [1.807, 2.05) is 4.98 Å². The van der Waals surface area contributed by atoms with Crippen molar-refractivity contribution in [3.05, 3.63) is 26.8 Å². The van der Waals surface area contributed by atoms with Crippen molar-refractivity contribution in [1.82, 2.24) is 9.97 Å². The van der Waals surface area contributed by atoms with Crippen LogP contribution in [0.3, 0.4) is 0 Å². The van der Waals surface area contributed by atoms with E-state index < -0.39 is 17.8 Å². The van der Waals surface area contributed by atoms with E-state index in [1.165, 1.54) is 0 Å². The molecular weight excluding hydrogens is 222 g/mol. The average Bonchev–Trinajstić information content (AvgIpc) is 1.94. The lowest BCUT2D eigenvalue weighted by atomic mass is 10.6. The molecular formula is C5H3BrF2N2O. The van der Waals surface area contributed by atoms with Crippen LogP contribution < -0.4 is 5.56 Å². The van der Waals surface area contributed by atoms with Crippen molar-refractivity contribution in [3.8, 4) is 0 Å². The Morgan fingerprint density at radius 1 is 1.64 bits per heavy atom. The van der Waals surface area contributed by atoms with Gasteiger partial charge in [0, 0.05) is 6.20 Å². The summed E-state index contributed by atoms with van der Waals surface area (Å²) in [6.45, 7) is 0. The van der Waals surface area contributed by atoms with Crippen LogP contribution >= 0.6 is 15.9 Å². The molecule has 1 aromatic rings. The summed E-state index contributed by atoms with van der Waals surface area (Å²) in [7, 11) is 0. The lowest BCUT2D eigenvalue weighted by molar-refractivity contribution is 0.140. The molecule has 3 nitrogen and oxygen atoms in total. The maximum Gasteiger partial charge on any atom is 0.295 e. The summed E-state index contributed by atoms with van der Waals surface area (Å²) in [5.41, 5.74) is -0.602. The van der Waals surface area contributed by atoms with Crippen LogP contribution in [0.25, 0.3) is 0 Å². The third-order valence-electron chi connectivity index (χ3n) is 0.982. The fraction of sp³-hybridized carbons (Fsp3) is 0.200. The molecule has 1 rings (SSSR count). The molecule has 0 amide bonds. The fourth-order valence-corrected chi connectivity index (χ4v) is 0.706. The van der Waals surface area contributed by atoms with Gasteiger partial charge < -0.3 is 4.98 Å². The van der Waals surface area contributed by atoms with E-state index >= 15 is 0 Å². The van der Waals surface area contributed by atoms with Gasteiger partial charge in [-0.05, 0) is 15.9 Å². The van der Waals surface area contributed by atoms with Crippen molar-refractivity contribution >= 4 is 15.9 Å². The second kappa shape index (κ2) is 3.08. The van der Waals surface area contributed by atoms with Gasteiger partial charge in [0.05, 0.1) is 0 Å². The van der Waals surface area contributed by atoms with Crippen molar-refractivity contribution in [2.45, 2.75) is 6.43 Å². The molecule has 11 heavy (non-hydrogen) atoms. The van der Waals surface area contributed by atoms with E-state index in [-0.39, 0.29) is 4.47 Å². The van der Waals surface area contributed by atoms with Gasteiger partial charge in [-0.2, -0.15) is 0 Å². The molecule has 0 fully saturated rings. The zero-order chi connectivity index (χ0) is 8.43. The number of alkyl halides is 2. The second-order valence-electron chi connectivity index (χ2n) is 1.75. The first-order chi connectivity index (χ1) is 5.11. The average molecular weight is 225 g/mol. The van der Waals surface area contributed by atoms with Crippen LogP contribution in [0.15, 0.2) is 15.5 Å². The van der Waals surface area contributed by atoms with Crippen LogP contribution in [0, 0.1) is 0 Å². The van der Waals surface area contributed by atoms with Gasteiger partial charge in [-0.25, -0.2) is 13.8 Å². The van der Waals surface area contributed by atoms with Crippen molar-refractivity contribution in [3.63, 3.8) is 0 Å². The molecule has 0 atom stereocenters. The smallest absolute Gasteiger partial charge is 0.295 e. The van der Waals surface area contributed by atoms with Crippen LogP contribution in [0.1, 0.15) is 12.2 Å². The van der Waals surface area contributed by atoms with Gasteiger partial charge >= 0.3 is 0 Å². The fourth-order valence-electron chi connectivity index (χ4n) is 0.504. The monoisotopic (exact) mass is 224 g/mol.